The van der Waals surface area contributed by atoms with Crippen LogP contribution >= 0.6 is 0 Å². The molecule has 3 heterocycles. The minimum absolute atomic E-state index is 0.00445. The number of fused-ring (bicyclic) bond motifs is 1. The first kappa shape index (κ1) is 29.2. The van der Waals surface area contributed by atoms with Crippen LogP contribution in [0.25, 0.3) is 5.65 Å². The molecule has 1 saturated heterocycles. The topological polar surface area (TPSA) is 123 Å². The molecule has 11 nitrogen and oxygen atoms in total. The molecule has 1 aliphatic heterocycles. The molecule has 5 rings (SSSR count). The summed E-state index contributed by atoms with van der Waals surface area (Å²) < 4.78 is 12.9. The molecule has 11 heteroatoms. The molecule has 0 unspecified atom stereocenters. The van der Waals surface area contributed by atoms with E-state index in [4.69, 9.17) is 9.47 Å². The summed E-state index contributed by atoms with van der Waals surface area (Å²) in [6, 6.07) is 24.4. The zero-order valence-corrected chi connectivity index (χ0v) is 23.8. The lowest BCUT2D eigenvalue weighted by Gasteiger charge is -2.34. The highest BCUT2D eigenvalue weighted by molar-refractivity contribution is 5.93. The van der Waals surface area contributed by atoms with Crippen molar-refractivity contribution in [2.75, 3.05) is 44.6 Å². The molecular formula is C31H37N7O4. The number of hydrogen-bond acceptors (Lipinski definition) is 9. The maximum atomic E-state index is 12.5. The summed E-state index contributed by atoms with van der Waals surface area (Å²) in [6.45, 7) is 5.39. The van der Waals surface area contributed by atoms with Gasteiger partial charge in [0, 0.05) is 19.6 Å². The summed E-state index contributed by atoms with van der Waals surface area (Å²) in [6.07, 6.45) is 3.09. The summed E-state index contributed by atoms with van der Waals surface area (Å²) in [7, 11) is 0. The molecule has 42 heavy (non-hydrogen) atoms. The van der Waals surface area contributed by atoms with Crippen molar-refractivity contribution >= 4 is 23.3 Å². The van der Waals surface area contributed by atoms with Gasteiger partial charge in [-0.15, -0.1) is 15.3 Å². The van der Waals surface area contributed by atoms with E-state index < -0.39 is 11.9 Å². The van der Waals surface area contributed by atoms with Gasteiger partial charge in [0.1, 0.15) is 18.5 Å². The number of likely N-dealkylation sites (tertiary alicyclic amines) is 1. The van der Waals surface area contributed by atoms with Crippen molar-refractivity contribution in [1.29, 1.82) is 0 Å². The minimum Gasteiger partial charge on any atom is -0.465 e. The van der Waals surface area contributed by atoms with E-state index in [0.717, 1.165) is 45.4 Å². The number of rotatable bonds is 13. The van der Waals surface area contributed by atoms with Crippen LogP contribution in [-0.2, 0) is 14.3 Å². The van der Waals surface area contributed by atoms with Gasteiger partial charge in [0.15, 0.2) is 5.65 Å². The van der Waals surface area contributed by atoms with Gasteiger partial charge in [0.25, 0.3) is 5.91 Å². The highest BCUT2D eigenvalue weighted by Gasteiger charge is 2.24. The maximum Gasteiger partial charge on any atom is 0.325 e. The third-order valence-corrected chi connectivity index (χ3v) is 7.19. The third-order valence-electron chi connectivity index (χ3n) is 7.19. The van der Waals surface area contributed by atoms with E-state index in [9.17, 15) is 9.59 Å². The lowest BCUT2D eigenvalue weighted by molar-refractivity contribution is -0.141. The molecule has 1 amide bonds. The molecule has 4 aromatic rings. The average Bonchev–Trinajstić information content (AvgIpc) is 3.46. The van der Waals surface area contributed by atoms with Crippen molar-refractivity contribution in [3.8, 4) is 0 Å². The summed E-state index contributed by atoms with van der Waals surface area (Å²) in [5, 5.41) is 18.2. The molecular weight excluding hydrogens is 534 g/mol. The number of piperidine rings is 1. The lowest BCUT2D eigenvalue weighted by atomic mass is 10.00. The van der Waals surface area contributed by atoms with Gasteiger partial charge in [-0.3, -0.25) is 9.59 Å². The zero-order valence-electron chi connectivity index (χ0n) is 23.8. The molecule has 0 atom stereocenters. The molecule has 220 valence electrons. The van der Waals surface area contributed by atoms with Gasteiger partial charge in [0.2, 0.25) is 5.82 Å². The number of carbonyl (C=O) groups is 2. The van der Waals surface area contributed by atoms with Crippen LogP contribution in [0, 0.1) is 0 Å². The van der Waals surface area contributed by atoms with Gasteiger partial charge < -0.3 is 25.0 Å². The number of anilines is 1. The Kier molecular flexibility index (Phi) is 10.1. The Morgan fingerprint density at radius 1 is 0.952 bits per heavy atom. The highest BCUT2D eigenvalue weighted by Crippen LogP contribution is 2.30. The Labute approximate surface area is 245 Å². The zero-order chi connectivity index (χ0) is 29.1. The number of aromatic nitrogens is 4. The Hall–Kier alpha value is -4.35. The fourth-order valence-electron chi connectivity index (χ4n) is 5.05. The van der Waals surface area contributed by atoms with Crippen molar-refractivity contribution in [3.05, 3.63) is 89.7 Å². The van der Waals surface area contributed by atoms with E-state index in [1.165, 1.54) is 15.6 Å². The molecule has 2 aromatic heterocycles. The predicted octanol–water partition coefficient (Wildman–Crippen LogP) is 3.49. The van der Waals surface area contributed by atoms with Gasteiger partial charge >= 0.3 is 5.97 Å². The Balaban J connectivity index is 1.07. The predicted molar refractivity (Wildman–Crippen MR) is 158 cm³/mol. The van der Waals surface area contributed by atoms with Gasteiger partial charge in [-0.1, -0.05) is 60.7 Å². The van der Waals surface area contributed by atoms with Gasteiger partial charge in [-0.25, -0.2) is 0 Å². The molecule has 0 saturated carbocycles. The number of benzene rings is 2. The van der Waals surface area contributed by atoms with E-state index in [2.05, 4.69) is 79.4 Å². The maximum absolute atomic E-state index is 12.5. The first-order valence-corrected chi connectivity index (χ1v) is 14.5. The fraction of sp³-hybridized carbons (Fsp3) is 0.387. The average molecular weight is 572 g/mol. The summed E-state index contributed by atoms with van der Waals surface area (Å²) in [4.78, 5) is 26.5. The molecule has 0 radical (unpaired) electrons. The molecule has 1 fully saturated rings. The molecule has 0 aliphatic carbocycles. The van der Waals surface area contributed by atoms with E-state index in [1.54, 1.807) is 13.0 Å². The van der Waals surface area contributed by atoms with Crippen LogP contribution in [0.2, 0.25) is 0 Å². The van der Waals surface area contributed by atoms with E-state index in [-0.39, 0.29) is 31.2 Å². The van der Waals surface area contributed by atoms with Crippen LogP contribution < -0.4 is 10.6 Å². The SMILES string of the molecule is CCOC(=O)CNC(=O)c1nnc2ccc(NCCCN3CCC(OC(c4ccccc4)c4ccccc4)CC3)nn12. The van der Waals surface area contributed by atoms with Crippen molar-refractivity contribution in [3.63, 3.8) is 0 Å². The van der Waals surface area contributed by atoms with Crippen LogP contribution in [0.5, 0.6) is 0 Å². The number of hydrogen-bond donors (Lipinski definition) is 2. The van der Waals surface area contributed by atoms with Crippen LogP contribution in [0.15, 0.2) is 72.8 Å². The Morgan fingerprint density at radius 2 is 1.64 bits per heavy atom. The van der Waals surface area contributed by atoms with Crippen molar-refractivity contribution in [2.24, 2.45) is 0 Å². The van der Waals surface area contributed by atoms with Gasteiger partial charge in [-0.05, 0) is 56.0 Å². The van der Waals surface area contributed by atoms with Crippen LogP contribution in [0.3, 0.4) is 0 Å². The van der Waals surface area contributed by atoms with Gasteiger partial charge in [-0.2, -0.15) is 4.52 Å². The Bertz CT molecular complexity index is 1400. The monoisotopic (exact) mass is 571 g/mol. The first-order chi connectivity index (χ1) is 20.6. The molecule has 0 bridgehead atoms. The second-order valence-corrected chi connectivity index (χ2v) is 10.2. The molecule has 0 spiro atoms. The lowest BCUT2D eigenvalue weighted by Crippen LogP contribution is -2.38. The smallest absolute Gasteiger partial charge is 0.325 e. The van der Waals surface area contributed by atoms with Gasteiger partial charge in [0.05, 0.1) is 12.7 Å². The molecule has 1 aliphatic rings. The summed E-state index contributed by atoms with van der Waals surface area (Å²) in [5.74, 6) is -0.451. The second kappa shape index (κ2) is 14.5. The van der Waals surface area contributed by atoms with Crippen LogP contribution in [-0.4, -0.2) is 82.0 Å². The van der Waals surface area contributed by atoms with Crippen molar-refractivity contribution in [1.82, 2.24) is 30.0 Å². The number of nitrogens with zero attached hydrogens (tertiary/aromatic N) is 5. The van der Waals surface area contributed by atoms with Crippen LogP contribution in [0.4, 0.5) is 5.82 Å². The third kappa shape index (κ3) is 7.68. The normalized spacial score (nSPS) is 14.2. The number of carbonyl (C=O) groups excluding carboxylic acids is 2. The quantitative estimate of drug-likeness (QED) is 0.183. The van der Waals surface area contributed by atoms with Crippen LogP contribution in [0.1, 0.15) is 54.0 Å². The van der Waals surface area contributed by atoms with Crippen molar-refractivity contribution < 1.29 is 19.1 Å². The highest BCUT2D eigenvalue weighted by atomic mass is 16.5. The number of esters is 1. The minimum atomic E-state index is -0.550. The number of ether oxygens (including phenoxy) is 2. The first-order valence-electron chi connectivity index (χ1n) is 14.5. The summed E-state index contributed by atoms with van der Waals surface area (Å²) in [5.41, 5.74) is 2.80. The van der Waals surface area contributed by atoms with E-state index in [0.29, 0.717) is 11.5 Å². The Morgan fingerprint density at radius 3 is 2.31 bits per heavy atom. The second-order valence-electron chi connectivity index (χ2n) is 10.2. The van der Waals surface area contributed by atoms with E-state index >= 15 is 0 Å². The number of amides is 1. The summed E-state index contributed by atoms with van der Waals surface area (Å²) >= 11 is 0. The molecule has 2 N–H and O–H groups in total. The van der Waals surface area contributed by atoms with E-state index in [1.807, 2.05) is 18.2 Å². The molecule has 2 aromatic carbocycles. The fourth-order valence-corrected chi connectivity index (χ4v) is 5.05. The van der Waals surface area contributed by atoms with Crippen molar-refractivity contribution in [2.45, 2.75) is 38.4 Å². The number of nitrogens with one attached hydrogen (secondary N) is 2. The standard InChI is InChI=1S/C31H37N7O4/c1-2-41-28(39)22-33-31(40)30-35-34-27-15-14-26(36-38(27)30)32-18-9-19-37-20-16-25(17-21-37)42-29(23-10-5-3-6-11-23)24-12-7-4-8-13-24/h3-8,10-15,25,29H,2,9,16-22H2,1H3,(H,32,36)(H,33,40). The largest absolute Gasteiger partial charge is 0.465 e.